The third kappa shape index (κ3) is 2.73. The summed E-state index contributed by atoms with van der Waals surface area (Å²) in [7, 11) is 0. The minimum Gasteiger partial charge on any atom is -0.478 e. The summed E-state index contributed by atoms with van der Waals surface area (Å²) in [6.45, 7) is 0. The van der Waals surface area contributed by atoms with Crippen LogP contribution in [0, 0.1) is 0 Å². The van der Waals surface area contributed by atoms with Gasteiger partial charge >= 0.3 is 5.97 Å². The first-order chi connectivity index (χ1) is 9.22. The van der Waals surface area contributed by atoms with Crippen molar-refractivity contribution in [3.05, 3.63) is 53.9 Å². The number of carboxylic acid groups (broad SMARTS) is 1. The van der Waals surface area contributed by atoms with Gasteiger partial charge in [-0.2, -0.15) is 5.10 Å². The molecule has 4 nitrogen and oxygen atoms in total. The molecule has 0 atom stereocenters. The van der Waals surface area contributed by atoms with Crippen LogP contribution >= 0.6 is 0 Å². The van der Waals surface area contributed by atoms with Crippen LogP contribution in [0.4, 0.5) is 0 Å². The summed E-state index contributed by atoms with van der Waals surface area (Å²) >= 11 is 0. The summed E-state index contributed by atoms with van der Waals surface area (Å²) in [4.78, 5) is 10.4. The Morgan fingerprint density at radius 2 is 2.00 bits per heavy atom. The highest BCUT2D eigenvalue weighted by atomic mass is 16.4. The SMILES string of the molecule is O=C(O)C=Cc1ccc(-n2ccc(C3CC3)n2)cc1. The lowest BCUT2D eigenvalue weighted by Crippen LogP contribution is -1.95. The van der Waals surface area contributed by atoms with E-state index in [0.29, 0.717) is 5.92 Å². The van der Waals surface area contributed by atoms with Gasteiger partial charge in [0.15, 0.2) is 0 Å². The van der Waals surface area contributed by atoms with Crippen LogP contribution in [0.2, 0.25) is 0 Å². The largest absolute Gasteiger partial charge is 0.478 e. The number of aromatic nitrogens is 2. The first-order valence-electron chi connectivity index (χ1n) is 6.29. The van der Waals surface area contributed by atoms with E-state index >= 15 is 0 Å². The molecule has 4 heteroatoms. The van der Waals surface area contributed by atoms with Gasteiger partial charge < -0.3 is 5.11 Å². The van der Waals surface area contributed by atoms with Crippen molar-refractivity contribution in [2.45, 2.75) is 18.8 Å². The first kappa shape index (κ1) is 11.7. The normalized spacial score (nSPS) is 14.9. The van der Waals surface area contributed by atoms with Crippen molar-refractivity contribution in [2.24, 2.45) is 0 Å². The van der Waals surface area contributed by atoms with E-state index in [1.165, 1.54) is 12.8 Å². The molecule has 0 bridgehead atoms. The van der Waals surface area contributed by atoms with Crippen molar-refractivity contribution >= 4 is 12.0 Å². The molecule has 1 saturated carbocycles. The van der Waals surface area contributed by atoms with Gasteiger partial charge in [0, 0.05) is 18.2 Å². The lowest BCUT2D eigenvalue weighted by molar-refractivity contribution is -0.131. The molecule has 0 saturated heterocycles. The summed E-state index contributed by atoms with van der Waals surface area (Å²) in [6, 6.07) is 9.70. The standard InChI is InChI=1S/C15H14N2O2/c18-15(19)8-3-11-1-6-13(7-2-11)17-10-9-14(16-17)12-4-5-12/h1-3,6-10,12H,4-5H2,(H,18,19). The van der Waals surface area contributed by atoms with E-state index in [2.05, 4.69) is 11.2 Å². The van der Waals surface area contributed by atoms with E-state index in [1.807, 2.05) is 35.1 Å². The Balaban J connectivity index is 1.79. The highest BCUT2D eigenvalue weighted by Crippen LogP contribution is 2.38. The maximum Gasteiger partial charge on any atom is 0.328 e. The summed E-state index contributed by atoms with van der Waals surface area (Å²) < 4.78 is 1.86. The Morgan fingerprint density at radius 3 is 2.63 bits per heavy atom. The van der Waals surface area contributed by atoms with Crippen molar-refractivity contribution in [2.75, 3.05) is 0 Å². The smallest absolute Gasteiger partial charge is 0.328 e. The molecule has 3 rings (SSSR count). The van der Waals surface area contributed by atoms with Gasteiger partial charge in [-0.25, -0.2) is 9.48 Å². The van der Waals surface area contributed by atoms with Crippen LogP contribution in [0.15, 0.2) is 42.6 Å². The van der Waals surface area contributed by atoms with Crippen LogP contribution in [-0.4, -0.2) is 20.9 Å². The number of aliphatic carboxylic acids is 1. The number of carbonyl (C=O) groups is 1. The number of nitrogens with zero attached hydrogens (tertiary/aromatic N) is 2. The molecule has 1 aliphatic rings. The third-order valence-corrected chi connectivity index (χ3v) is 3.18. The number of carboxylic acids is 1. The lowest BCUT2D eigenvalue weighted by Gasteiger charge is -2.01. The van der Waals surface area contributed by atoms with Gasteiger partial charge in [-0.3, -0.25) is 0 Å². The maximum absolute atomic E-state index is 10.4. The molecule has 1 fully saturated rings. The predicted molar refractivity (Wildman–Crippen MR) is 72.2 cm³/mol. The Labute approximate surface area is 111 Å². The summed E-state index contributed by atoms with van der Waals surface area (Å²) in [6.07, 6.45) is 7.17. The molecular formula is C15H14N2O2. The van der Waals surface area contributed by atoms with Gasteiger partial charge in [-0.05, 0) is 42.7 Å². The predicted octanol–water partition coefficient (Wildman–Crippen LogP) is 2.85. The molecule has 1 aromatic heterocycles. The summed E-state index contributed by atoms with van der Waals surface area (Å²) in [5.74, 6) is -0.288. The molecule has 1 aliphatic carbocycles. The molecule has 0 aliphatic heterocycles. The molecule has 0 spiro atoms. The van der Waals surface area contributed by atoms with E-state index in [0.717, 1.165) is 23.0 Å². The van der Waals surface area contributed by atoms with E-state index in [4.69, 9.17) is 5.11 Å². The number of benzene rings is 1. The second-order valence-electron chi connectivity index (χ2n) is 4.72. The number of hydrogen-bond donors (Lipinski definition) is 1. The Morgan fingerprint density at radius 1 is 1.26 bits per heavy atom. The molecule has 0 amide bonds. The first-order valence-corrected chi connectivity index (χ1v) is 6.29. The van der Waals surface area contributed by atoms with Crippen LogP contribution in [0.1, 0.15) is 30.0 Å². The zero-order valence-electron chi connectivity index (χ0n) is 10.4. The van der Waals surface area contributed by atoms with Crippen LogP contribution in [0.5, 0.6) is 0 Å². The van der Waals surface area contributed by atoms with Crippen molar-refractivity contribution in [3.63, 3.8) is 0 Å². The van der Waals surface area contributed by atoms with Gasteiger partial charge in [0.05, 0.1) is 11.4 Å². The molecule has 0 unspecified atom stereocenters. The zero-order valence-corrected chi connectivity index (χ0v) is 10.4. The van der Waals surface area contributed by atoms with E-state index in [9.17, 15) is 4.79 Å². The summed E-state index contributed by atoms with van der Waals surface area (Å²) in [5.41, 5.74) is 3.01. The minimum atomic E-state index is -0.940. The van der Waals surface area contributed by atoms with Gasteiger partial charge in [-0.1, -0.05) is 12.1 Å². The average Bonchev–Trinajstić information content (AvgIpc) is 3.15. The molecule has 2 aromatic rings. The van der Waals surface area contributed by atoms with E-state index in [1.54, 1.807) is 6.08 Å². The Bertz CT molecular complexity index is 622. The molecule has 96 valence electrons. The summed E-state index contributed by atoms with van der Waals surface area (Å²) in [5, 5.41) is 13.1. The van der Waals surface area contributed by atoms with Crippen LogP contribution in [0.25, 0.3) is 11.8 Å². The van der Waals surface area contributed by atoms with Crippen molar-refractivity contribution in [1.82, 2.24) is 9.78 Å². The average molecular weight is 254 g/mol. The lowest BCUT2D eigenvalue weighted by atomic mass is 10.2. The maximum atomic E-state index is 10.4. The zero-order chi connectivity index (χ0) is 13.2. The molecule has 1 N–H and O–H groups in total. The molecular weight excluding hydrogens is 240 g/mol. The monoisotopic (exact) mass is 254 g/mol. The topological polar surface area (TPSA) is 55.1 Å². The fourth-order valence-electron chi connectivity index (χ4n) is 1.98. The van der Waals surface area contributed by atoms with Crippen LogP contribution < -0.4 is 0 Å². The molecule has 0 radical (unpaired) electrons. The van der Waals surface area contributed by atoms with E-state index in [-0.39, 0.29) is 0 Å². The highest BCUT2D eigenvalue weighted by molar-refractivity contribution is 5.85. The second-order valence-corrected chi connectivity index (χ2v) is 4.72. The van der Waals surface area contributed by atoms with Gasteiger partial charge in [0.1, 0.15) is 0 Å². The quantitative estimate of drug-likeness (QED) is 0.853. The third-order valence-electron chi connectivity index (χ3n) is 3.18. The number of rotatable bonds is 4. The van der Waals surface area contributed by atoms with Crippen molar-refractivity contribution < 1.29 is 9.90 Å². The van der Waals surface area contributed by atoms with Gasteiger partial charge in [0.2, 0.25) is 0 Å². The van der Waals surface area contributed by atoms with E-state index < -0.39 is 5.97 Å². The fraction of sp³-hybridized carbons (Fsp3) is 0.200. The minimum absolute atomic E-state index is 0.652. The van der Waals surface area contributed by atoms with Gasteiger partial charge in [0.25, 0.3) is 0 Å². The van der Waals surface area contributed by atoms with Crippen molar-refractivity contribution in [3.8, 4) is 5.69 Å². The molecule has 19 heavy (non-hydrogen) atoms. The van der Waals surface area contributed by atoms with Crippen LogP contribution in [0.3, 0.4) is 0 Å². The highest BCUT2D eigenvalue weighted by Gasteiger charge is 2.25. The Kier molecular flexibility index (Phi) is 2.91. The second kappa shape index (κ2) is 4.72. The van der Waals surface area contributed by atoms with Crippen molar-refractivity contribution in [1.29, 1.82) is 0 Å². The van der Waals surface area contributed by atoms with Crippen LogP contribution in [-0.2, 0) is 4.79 Å². The molecule has 1 heterocycles. The number of hydrogen-bond acceptors (Lipinski definition) is 2. The van der Waals surface area contributed by atoms with Gasteiger partial charge in [-0.15, -0.1) is 0 Å². The fourth-order valence-corrected chi connectivity index (χ4v) is 1.98. The Hall–Kier alpha value is -2.36. The molecule has 1 aromatic carbocycles.